The van der Waals surface area contributed by atoms with Crippen molar-refractivity contribution in [3.05, 3.63) is 34.7 Å². The Hall–Kier alpha value is -1.95. The summed E-state index contributed by atoms with van der Waals surface area (Å²) in [4.78, 5) is 10.9. The van der Waals surface area contributed by atoms with Crippen LogP contribution in [0.25, 0.3) is 11.3 Å². The van der Waals surface area contributed by atoms with E-state index in [2.05, 4.69) is 10.3 Å². The lowest BCUT2D eigenvalue weighted by molar-refractivity contribution is 0.0691. The predicted octanol–water partition coefficient (Wildman–Crippen LogP) is 1.97. The summed E-state index contributed by atoms with van der Waals surface area (Å²) in [5.74, 6) is -1.77. The van der Waals surface area contributed by atoms with Gasteiger partial charge in [-0.1, -0.05) is 16.8 Å². The molecule has 2 aromatic rings. The van der Waals surface area contributed by atoms with Gasteiger partial charge in [0.25, 0.3) is 0 Å². The zero-order valence-electron chi connectivity index (χ0n) is 8.69. The predicted molar refractivity (Wildman–Crippen MR) is 58.4 cm³/mol. The van der Waals surface area contributed by atoms with Crippen LogP contribution in [0.15, 0.2) is 18.2 Å². The van der Waals surface area contributed by atoms with E-state index in [1.807, 2.05) is 0 Å². The van der Waals surface area contributed by atoms with Crippen LogP contribution in [-0.2, 0) is 7.05 Å². The lowest BCUT2D eigenvalue weighted by atomic mass is 10.1. The van der Waals surface area contributed by atoms with Crippen LogP contribution >= 0.6 is 11.6 Å². The van der Waals surface area contributed by atoms with E-state index in [9.17, 15) is 9.18 Å². The van der Waals surface area contributed by atoms with Gasteiger partial charge >= 0.3 is 5.97 Å². The van der Waals surface area contributed by atoms with Crippen LogP contribution in [0.4, 0.5) is 4.39 Å². The normalized spacial score (nSPS) is 10.5. The summed E-state index contributed by atoms with van der Waals surface area (Å²) in [6.45, 7) is 0. The minimum atomic E-state index is -1.20. The minimum absolute atomic E-state index is 0.0833. The Morgan fingerprint density at radius 2 is 2.24 bits per heavy atom. The zero-order chi connectivity index (χ0) is 12.6. The molecule has 1 N–H and O–H groups in total. The van der Waals surface area contributed by atoms with Crippen molar-refractivity contribution < 1.29 is 14.3 Å². The Balaban J connectivity index is 2.63. The molecule has 0 amide bonds. The Bertz CT molecular complexity index is 597. The Kier molecular flexibility index (Phi) is 2.81. The van der Waals surface area contributed by atoms with Gasteiger partial charge in [-0.05, 0) is 18.2 Å². The van der Waals surface area contributed by atoms with Gasteiger partial charge in [0.2, 0.25) is 0 Å². The maximum absolute atomic E-state index is 13.0. The van der Waals surface area contributed by atoms with Crippen molar-refractivity contribution in [2.24, 2.45) is 7.05 Å². The Morgan fingerprint density at radius 3 is 2.82 bits per heavy atom. The molecule has 0 aliphatic rings. The number of carbonyl (C=O) groups is 1. The van der Waals surface area contributed by atoms with Crippen LogP contribution in [0.2, 0.25) is 5.02 Å². The molecule has 0 fully saturated rings. The van der Waals surface area contributed by atoms with Crippen LogP contribution in [-0.4, -0.2) is 26.1 Å². The largest absolute Gasteiger partial charge is 0.476 e. The van der Waals surface area contributed by atoms with Crippen LogP contribution in [0.1, 0.15) is 10.5 Å². The molecule has 1 aromatic heterocycles. The van der Waals surface area contributed by atoms with Gasteiger partial charge in [0.05, 0.1) is 5.02 Å². The van der Waals surface area contributed by atoms with Crippen LogP contribution in [0, 0.1) is 5.82 Å². The first kappa shape index (κ1) is 11.5. The molecule has 88 valence electrons. The standard InChI is InChI=1S/C10H7ClFN3O2/c1-15-9(8(10(16)17)13-14-15)5-2-3-7(12)6(11)4-5/h2-4H,1H3,(H,16,17). The van der Waals surface area contributed by atoms with E-state index in [1.165, 1.54) is 16.8 Å². The van der Waals surface area contributed by atoms with Gasteiger partial charge in [-0.3, -0.25) is 0 Å². The molecule has 0 aliphatic carbocycles. The van der Waals surface area contributed by atoms with E-state index >= 15 is 0 Å². The van der Waals surface area contributed by atoms with Gasteiger partial charge in [0.15, 0.2) is 5.69 Å². The third-order valence-corrected chi connectivity index (χ3v) is 2.51. The second-order valence-electron chi connectivity index (χ2n) is 3.34. The topological polar surface area (TPSA) is 68.0 Å². The second-order valence-corrected chi connectivity index (χ2v) is 3.75. The molecular weight excluding hydrogens is 249 g/mol. The number of carboxylic acid groups (broad SMARTS) is 1. The third-order valence-electron chi connectivity index (χ3n) is 2.22. The fourth-order valence-electron chi connectivity index (χ4n) is 1.47. The second kappa shape index (κ2) is 4.14. The van der Waals surface area contributed by atoms with Crippen molar-refractivity contribution in [3.8, 4) is 11.3 Å². The molecule has 17 heavy (non-hydrogen) atoms. The maximum atomic E-state index is 13.0. The van der Waals surface area contributed by atoms with E-state index < -0.39 is 11.8 Å². The highest BCUT2D eigenvalue weighted by atomic mass is 35.5. The van der Waals surface area contributed by atoms with Gasteiger partial charge in [0, 0.05) is 12.6 Å². The molecule has 0 bridgehead atoms. The molecule has 0 aliphatic heterocycles. The molecule has 2 rings (SSSR count). The average Bonchev–Trinajstić information content (AvgIpc) is 2.64. The van der Waals surface area contributed by atoms with Crippen molar-refractivity contribution >= 4 is 17.6 Å². The molecule has 7 heteroatoms. The molecule has 0 spiro atoms. The number of hydrogen-bond acceptors (Lipinski definition) is 3. The first-order valence-corrected chi connectivity index (χ1v) is 4.97. The number of carboxylic acids is 1. The van der Waals surface area contributed by atoms with Crippen LogP contribution < -0.4 is 0 Å². The number of rotatable bonds is 2. The van der Waals surface area contributed by atoms with Gasteiger partial charge in [-0.25, -0.2) is 13.9 Å². The van der Waals surface area contributed by atoms with E-state index in [-0.39, 0.29) is 16.4 Å². The van der Waals surface area contributed by atoms with E-state index in [4.69, 9.17) is 16.7 Å². The number of hydrogen-bond donors (Lipinski definition) is 1. The average molecular weight is 256 g/mol. The van der Waals surface area contributed by atoms with Crippen molar-refractivity contribution in [1.29, 1.82) is 0 Å². The highest BCUT2D eigenvalue weighted by molar-refractivity contribution is 6.31. The lowest BCUT2D eigenvalue weighted by Gasteiger charge is -2.03. The number of nitrogens with zero attached hydrogens (tertiary/aromatic N) is 3. The monoisotopic (exact) mass is 255 g/mol. The van der Waals surface area contributed by atoms with Crippen molar-refractivity contribution in [2.75, 3.05) is 0 Å². The van der Waals surface area contributed by atoms with E-state index in [1.54, 1.807) is 7.05 Å². The highest BCUT2D eigenvalue weighted by Gasteiger charge is 2.19. The zero-order valence-corrected chi connectivity index (χ0v) is 9.44. The van der Waals surface area contributed by atoms with Gasteiger partial charge in [0.1, 0.15) is 11.5 Å². The van der Waals surface area contributed by atoms with Crippen molar-refractivity contribution in [3.63, 3.8) is 0 Å². The SMILES string of the molecule is Cn1nnc(C(=O)O)c1-c1ccc(F)c(Cl)c1. The summed E-state index contributed by atoms with van der Waals surface area (Å²) in [5, 5.41) is 16.0. The smallest absolute Gasteiger partial charge is 0.358 e. The minimum Gasteiger partial charge on any atom is -0.476 e. The van der Waals surface area contributed by atoms with Crippen molar-refractivity contribution in [1.82, 2.24) is 15.0 Å². The van der Waals surface area contributed by atoms with Gasteiger partial charge < -0.3 is 5.11 Å². The summed E-state index contributed by atoms with van der Waals surface area (Å²) in [6, 6.07) is 3.92. The van der Waals surface area contributed by atoms with Crippen LogP contribution in [0.5, 0.6) is 0 Å². The molecule has 1 heterocycles. The first-order chi connectivity index (χ1) is 8.00. The van der Waals surface area contributed by atoms with Gasteiger partial charge in [-0.15, -0.1) is 5.10 Å². The quantitative estimate of drug-likeness (QED) is 0.891. The highest BCUT2D eigenvalue weighted by Crippen LogP contribution is 2.26. The fourth-order valence-corrected chi connectivity index (χ4v) is 1.65. The first-order valence-electron chi connectivity index (χ1n) is 4.59. The summed E-state index contributed by atoms with van der Waals surface area (Å²) >= 11 is 5.64. The van der Waals surface area contributed by atoms with Gasteiger partial charge in [-0.2, -0.15) is 0 Å². The Morgan fingerprint density at radius 1 is 1.53 bits per heavy atom. The third kappa shape index (κ3) is 1.99. The molecule has 1 aromatic carbocycles. The molecule has 0 atom stereocenters. The molecule has 0 radical (unpaired) electrons. The number of aromatic nitrogens is 3. The number of aryl methyl sites for hydroxylation is 1. The summed E-state index contributed by atoms with van der Waals surface area (Å²) in [6.07, 6.45) is 0. The van der Waals surface area contributed by atoms with E-state index in [0.717, 1.165) is 6.07 Å². The molecule has 0 unspecified atom stereocenters. The number of halogens is 2. The summed E-state index contributed by atoms with van der Waals surface area (Å²) in [5.41, 5.74) is 0.524. The summed E-state index contributed by atoms with van der Waals surface area (Å²) in [7, 11) is 1.55. The summed E-state index contributed by atoms with van der Waals surface area (Å²) < 4.78 is 14.3. The molecule has 0 saturated heterocycles. The number of aromatic carboxylic acids is 1. The van der Waals surface area contributed by atoms with Crippen LogP contribution in [0.3, 0.4) is 0 Å². The Labute approximate surface area is 100 Å². The number of benzene rings is 1. The molecule has 0 saturated carbocycles. The maximum Gasteiger partial charge on any atom is 0.358 e. The lowest BCUT2D eigenvalue weighted by Crippen LogP contribution is -2.01. The molecule has 5 nitrogen and oxygen atoms in total. The van der Waals surface area contributed by atoms with Crippen molar-refractivity contribution in [2.45, 2.75) is 0 Å². The van der Waals surface area contributed by atoms with E-state index in [0.29, 0.717) is 5.56 Å². The fraction of sp³-hybridized carbons (Fsp3) is 0.100. The molecular formula is C10H7ClFN3O2.